The zero-order valence-corrected chi connectivity index (χ0v) is 12.6. The number of nitrogen functional groups attached to an aromatic ring is 1. The molecular formula is C13H20BrN3O. The predicted octanol–water partition coefficient (Wildman–Crippen LogP) is 3.33. The van der Waals surface area contributed by atoms with Crippen molar-refractivity contribution in [2.24, 2.45) is 0 Å². The van der Waals surface area contributed by atoms with Crippen LogP contribution in [0.3, 0.4) is 0 Å². The summed E-state index contributed by atoms with van der Waals surface area (Å²) in [5.74, 6) is 1.24. The van der Waals surface area contributed by atoms with Gasteiger partial charge in [-0.2, -0.15) is 0 Å². The van der Waals surface area contributed by atoms with Gasteiger partial charge in [-0.1, -0.05) is 25.7 Å². The lowest BCUT2D eigenvalue weighted by Crippen LogP contribution is -2.31. The number of aryl methyl sites for hydroxylation is 1. The van der Waals surface area contributed by atoms with Crippen LogP contribution < -0.4 is 5.73 Å². The third-order valence-electron chi connectivity index (χ3n) is 3.75. The maximum atomic E-state index is 5.93. The highest BCUT2D eigenvalue weighted by Gasteiger charge is 2.36. The molecule has 0 radical (unpaired) electrons. The maximum absolute atomic E-state index is 5.93. The Morgan fingerprint density at radius 1 is 1.17 bits per heavy atom. The lowest BCUT2D eigenvalue weighted by Gasteiger charge is -2.30. The Morgan fingerprint density at radius 2 is 1.78 bits per heavy atom. The summed E-state index contributed by atoms with van der Waals surface area (Å²) in [6, 6.07) is 0. The molecule has 1 aliphatic carbocycles. The predicted molar refractivity (Wildman–Crippen MR) is 75.3 cm³/mol. The van der Waals surface area contributed by atoms with E-state index >= 15 is 0 Å². The molecule has 1 fully saturated rings. The molecular weight excluding hydrogens is 294 g/mol. The van der Waals surface area contributed by atoms with Gasteiger partial charge in [-0.15, -0.1) is 0 Å². The molecule has 0 spiro atoms. The van der Waals surface area contributed by atoms with Crippen LogP contribution in [-0.4, -0.2) is 17.1 Å². The zero-order chi connectivity index (χ0) is 13.2. The average molecular weight is 314 g/mol. The highest BCUT2D eigenvalue weighted by molar-refractivity contribution is 9.10. The highest BCUT2D eigenvalue weighted by Crippen LogP contribution is 2.38. The van der Waals surface area contributed by atoms with Gasteiger partial charge in [0.05, 0.1) is 10.2 Å². The van der Waals surface area contributed by atoms with E-state index in [9.17, 15) is 0 Å². The summed E-state index contributed by atoms with van der Waals surface area (Å²) >= 11 is 3.40. The Balaban J connectivity index is 2.43. The summed E-state index contributed by atoms with van der Waals surface area (Å²) in [4.78, 5) is 9.02. The van der Waals surface area contributed by atoms with Gasteiger partial charge in [-0.05, 0) is 35.7 Å². The molecule has 2 N–H and O–H groups in total. The number of methoxy groups -OCH3 is 1. The summed E-state index contributed by atoms with van der Waals surface area (Å²) in [7, 11) is 1.75. The van der Waals surface area contributed by atoms with Crippen molar-refractivity contribution in [3.8, 4) is 0 Å². The van der Waals surface area contributed by atoms with Gasteiger partial charge in [0.25, 0.3) is 0 Å². The second-order valence-electron chi connectivity index (χ2n) is 4.94. The first-order valence-corrected chi connectivity index (χ1v) is 7.23. The van der Waals surface area contributed by atoms with Gasteiger partial charge in [0, 0.05) is 7.11 Å². The Bertz CT molecular complexity index is 405. The molecule has 0 saturated heterocycles. The van der Waals surface area contributed by atoms with Crippen molar-refractivity contribution in [2.45, 2.75) is 51.0 Å². The second kappa shape index (κ2) is 5.53. The maximum Gasteiger partial charge on any atom is 0.162 e. The summed E-state index contributed by atoms with van der Waals surface area (Å²) in [5, 5.41) is 0. The summed E-state index contributed by atoms with van der Waals surface area (Å²) < 4.78 is 6.58. The quantitative estimate of drug-likeness (QED) is 0.851. The van der Waals surface area contributed by atoms with Crippen LogP contribution in [0.25, 0.3) is 0 Å². The number of rotatable bonds is 2. The third kappa shape index (κ3) is 2.52. The van der Waals surface area contributed by atoms with Crippen LogP contribution in [0.15, 0.2) is 4.47 Å². The molecule has 1 saturated carbocycles. The smallest absolute Gasteiger partial charge is 0.162 e. The molecule has 2 rings (SSSR count). The van der Waals surface area contributed by atoms with Gasteiger partial charge < -0.3 is 10.5 Å². The van der Waals surface area contributed by atoms with Crippen LogP contribution in [0.5, 0.6) is 0 Å². The Morgan fingerprint density at radius 3 is 2.28 bits per heavy atom. The van der Waals surface area contributed by atoms with Crippen molar-refractivity contribution < 1.29 is 4.74 Å². The number of nitrogens with zero attached hydrogens (tertiary/aromatic N) is 2. The largest absolute Gasteiger partial charge is 0.383 e. The van der Waals surface area contributed by atoms with E-state index in [4.69, 9.17) is 10.5 Å². The van der Waals surface area contributed by atoms with E-state index in [0.717, 1.165) is 41.7 Å². The molecule has 0 bridgehead atoms. The molecule has 4 nitrogen and oxygen atoms in total. The van der Waals surface area contributed by atoms with Crippen LogP contribution >= 0.6 is 15.9 Å². The summed E-state index contributed by atoms with van der Waals surface area (Å²) in [6.45, 7) is 1.94. The standard InChI is InChI=1S/C13H20BrN3O/c1-9-10(14)11(15)17-12(16-9)13(18-2)7-5-3-4-6-8-13/h3-8H2,1-2H3,(H2,15,16,17). The molecule has 0 aromatic carbocycles. The van der Waals surface area contributed by atoms with E-state index in [1.165, 1.54) is 12.8 Å². The van der Waals surface area contributed by atoms with Gasteiger partial charge in [-0.3, -0.25) is 0 Å². The van der Waals surface area contributed by atoms with Crippen molar-refractivity contribution in [2.75, 3.05) is 12.8 Å². The fourth-order valence-electron chi connectivity index (χ4n) is 2.60. The number of hydrogen-bond acceptors (Lipinski definition) is 4. The molecule has 0 unspecified atom stereocenters. The first-order valence-electron chi connectivity index (χ1n) is 6.44. The van der Waals surface area contributed by atoms with Crippen molar-refractivity contribution >= 4 is 21.7 Å². The minimum atomic E-state index is -0.351. The van der Waals surface area contributed by atoms with E-state index < -0.39 is 0 Å². The number of hydrogen-bond donors (Lipinski definition) is 1. The number of nitrogens with two attached hydrogens (primary N) is 1. The molecule has 1 aliphatic rings. The fourth-order valence-corrected chi connectivity index (χ4v) is 2.78. The highest BCUT2D eigenvalue weighted by atomic mass is 79.9. The molecule has 1 aromatic heterocycles. The van der Waals surface area contributed by atoms with Crippen molar-refractivity contribution in [3.05, 3.63) is 16.0 Å². The van der Waals surface area contributed by atoms with Crippen molar-refractivity contribution in [1.82, 2.24) is 9.97 Å². The molecule has 0 aliphatic heterocycles. The van der Waals surface area contributed by atoms with E-state index in [1.54, 1.807) is 7.11 Å². The van der Waals surface area contributed by atoms with E-state index in [-0.39, 0.29) is 5.60 Å². The van der Waals surface area contributed by atoms with Gasteiger partial charge >= 0.3 is 0 Å². The second-order valence-corrected chi connectivity index (χ2v) is 5.74. The van der Waals surface area contributed by atoms with Crippen LogP contribution in [0.1, 0.15) is 50.0 Å². The first kappa shape index (κ1) is 13.7. The first-order chi connectivity index (χ1) is 8.59. The zero-order valence-electron chi connectivity index (χ0n) is 11.0. The number of aromatic nitrogens is 2. The topological polar surface area (TPSA) is 61.0 Å². The van der Waals surface area contributed by atoms with Crippen molar-refractivity contribution in [1.29, 1.82) is 0 Å². The lowest BCUT2D eigenvalue weighted by molar-refractivity contribution is -0.0351. The molecule has 1 heterocycles. The summed E-state index contributed by atoms with van der Waals surface area (Å²) in [6.07, 6.45) is 6.79. The van der Waals surface area contributed by atoms with Gasteiger partial charge in [0.15, 0.2) is 5.82 Å². The van der Waals surface area contributed by atoms with Gasteiger partial charge in [0.2, 0.25) is 0 Å². The fraction of sp³-hybridized carbons (Fsp3) is 0.692. The Hall–Kier alpha value is -0.680. The third-order valence-corrected chi connectivity index (χ3v) is 4.73. The van der Waals surface area contributed by atoms with Crippen molar-refractivity contribution in [3.63, 3.8) is 0 Å². The minimum Gasteiger partial charge on any atom is -0.383 e. The molecule has 1 aromatic rings. The number of ether oxygens (including phenoxy) is 1. The number of anilines is 1. The van der Waals surface area contributed by atoms with E-state index in [0.29, 0.717) is 5.82 Å². The minimum absolute atomic E-state index is 0.351. The summed E-state index contributed by atoms with van der Waals surface area (Å²) in [5.41, 5.74) is 6.45. The van der Waals surface area contributed by atoms with Crippen LogP contribution in [0.2, 0.25) is 0 Å². The van der Waals surface area contributed by atoms with Crippen LogP contribution in [0.4, 0.5) is 5.82 Å². The monoisotopic (exact) mass is 313 g/mol. The Labute approximate surface area is 116 Å². The molecule has 18 heavy (non-hydrogen) atoms. The molecule has 100 valence electrons. The molecule has 0 atom stereocenters. The van der Waals surface area contributed by atoms with E-state index in [1.807, 2.05) is 6.92 Å². The van der Waals surface area contributed by atoms with Crippen LogP contribution in [0, 0.1) is 6.92 Å². The van der Waals surface area contributed by atoms with Gasteiger partial charge in [-0.25, -0.2) is 9.97 Å². The average Bonchev–Trinajstić information content (AvgIpc) is 2.61. The SMILES string of the molecule is COC1(c2nc(C)c(Br)c(N)n2)CCCCCC1. The number of halogens is 1. The normalized spacial score (nSPS) is 19.5. The molecule has 5 heteroatoms. The van der Waals surface area contributed by atoms with Gasteiger partial charge in [0.1, 0.15) is 11.4 Å². The lowest BCUT2D eigenvalue weighted by atomic mass is 9.93. The Kier molecular flexibility index (Phi) is 4.22. The van der Waals surface area contributed by atoms with E-state index in [2.05, 4.69) is 25.9 Å². The molecule has 0 amide bonds. The van der Waals surface area contributed by atoms with Crippen LogP contribution in [-0.2, 0) is 10.3 Å².